The number of esters is 1. The molecule has 0 aliphatic heterocycles. The van der Waals surface area contributed by atoms with E-state index in [9.17, 15) is 4.79 Å². The van der Waals surface area contributed by atoms with Gasteiger partial charge < -0.3 is 19.1 Å². The van der Waals surface area contributed by atoms with Crippen LogP contribution in [0.4, 0.5) is 5.82 Å². The summed E-state index contributed by atoms with van der Waals surface area (Å²) in [5.74, 6) is -0.822. The second-order valence-electron chi connectivity index (χ2n) is 8.78. The Hall–Kier alpha value is -2.86. The maximum atomic E-state index is 13.2. The van der Waals surface area contributed by atoms with Gasteiger partial charge in [-0.1, -0.05) is 60.7 Å². The Morgan fingerprint density at radius 1 is 0.971 bits per heavy atom. The van der Waals surface area contributed by atoms with E-state index in [1.807, 2.05) is 95.3 Å². The molecule has 1 aromatic heterocycles. The second kappa shape index (κ2) is 12.7. The van der Waals surface area contributed by atoms with E-state index in [0.717, 1.165) is 16.8 Å². The quantitative estimate of drug-likeness (QED) is 0.251. The first-order valence-electron chi connectivity index (χ1n) is 11.8. The summed E-state index contributed by atoms with van der Waals surface area (Å²) in [5.41, 5.74) is 2.87. The molecule has 0 aliphatic rings. The van der Waals surface area contributed by atoms with Crippen molar-refractivity contribution >= 4 is 20.2 Å². The van der Waals surface area contributed by atoms with Crippen molar-refractivity contribution < 1.29 is 18.6 Å². The number of aromatic nitrogens is 2. The zero-order valence-corrected chi connectivity index (χ0v) is 21.9. The van der Waals surface area contributed by atoms with Gasteiger partial charge in [0.25, 0.3) is 0 Å². The van der Waals surface area contributed by atoms with Gasteiger partial charge in [0.1, 0.15) is 11.4 Å². The zero-order valence-electron chi connectivity index (χ0n) is 21.0. The fourth-order valence-electron chi connectivity index (χ4n) is 3.33. The molecule has 1 unspecified atom stereocenters. The molecule has 0 bridgehead atoms. The zero-order chi connectivity index (χ0) is 25.3. The van der Waals surface area contributed by atoms with Crippen LogP contribution in [0.1, 0.15) is 45.9 Å². The van der Waals surface area contributed by atoms with Crippen LogP contribution in [0.3, 0.4) is 0 Å². The third kappa shape index (κ3) is 8.10. The summed E-state index contributed by atoms with van der Waals surface area (Å²) >= 11 is 0. The maximum absolute atomic E-state index is 13.2. The summed E-state index contributed by atoms with van der Waals surface area (Å²) in [6, 6.07) is 19.9. The van der Waals surface area contributed by atoms with Gasteiger partial charge in [-0.2, -0.15) is 0 Å². The minimum absolute atomic E-state index is 0.405. The van der Waals surface area contributed by atoms with Crippen molar-refractivity contribution in [2.24, 2.45) is 0 Å². The van der Waals surface area contributed by atoms with Crippen LogP contribution in [-0.4, -0.2) is 40.5 Å². The van der Waals surface area contributed by atoms with Crippen molar-refractivity contribution in [2.75, 3.05) is 18.5 Å². The van der Waals surface area contributed by atoms with Gasteiger partial charge in [-0.15, -0.1) is 0 Å². The molecule has 0 saturated heterocycles. The first kappa shape index (κ1) is 26.7. The summed E-state index contributed by atoms with van der Waals surface area (Å²) in [6.07, 6.45) is 2.25. The molecule has 1 N–H and O–H groups in total. The molecule has 0 aliphatic carbocycles. The summed E-state index contributed by atoms with van der Waals surface area (Å²) in [4.78, 5) is 22.9. The van der Waals surface area contributed by atoms with Crippen molar-refractivity contribution in [1.82, 2.24) is 9.97 Å². The number of ether oxygens (including phenoxy) is 1. The molecule has 2 aromatic carbocycles. The minimum Gasteiger partial charge on any atom is -0.458 e. The molecular weight excluding hydrogens is 461 g/mol. The number of nitrogens with one attached hydrogen (secondary N) is 1. The van der Waals surface area contributed by atoms with Gasteiger partial charge in [-0.3, -0.25) is 0 Å². The number of carbonyl (C=O) groups excluding carboxylic acids is 1. The van der Waals surface area contributed by atoms with Gasteiger partial charge in [0.15, 0.2) is 5.78 Å². The molecule has 8 heteroatoms. The fourth-order valence-corrected chi connectivity index (χ4v) is 4.67. The first-order valence-corrected chi connectivity index (χ1v) is 13.0. The van der Waals surface area contributed by atoms with E-state index < -0.39 is 25.7 Å². The number of anilines is 1. The van der Waals surface area contributed by atoms with Crippen molar-refractivity contribution in [1.29, 1.82) is 0 Å². The Morgan fingerprint density at radius 3 is 2.14 bits per heavy atom. The van der Waals surface area contributed by atoms with Crippen LogP contribution in [0.15, 0.2) is 66.9 Å². The Morgan fingerprint density at radius 2 is 1.57 bits per heavy atom. The average Bonchev–Trinajstić information content (AvgIpc) is 2.83. The highest BCUT2D eigenvalue weighted by Crippen LogP contribution is 2.45. The third-order valence-corrected chi connectivity index (χ3v) is 6.54. The topological polar surface area (TPSA) is 82.6 Å². The van der Waals surface area contributed by atoms with Crippen LogP contribution in [0.2, 0.25) is 0 Å². The number of rotatable bonds is 11. The molecule has 0 fully saturated rings. The van der Waals surface area contributed by atoms with Gasteiger partial charge in [0.2, 0.25) is 8.38 Å². The highest BCUT2D eigenvalue weighted by Gasteiger charge is 2.35. The molecule has 35 heavy (non-hydrogen) atoms. The summed E-state index contributed by atoms with van der Waals surface area (Å²) in [7, 11) is -1.62. The lowest BCUT2D eigenvalue weighted by atomic mass is 10.1. The Kier molecular flexibility index (Phi) is 9.73. The summed E-state index contributed by atoms with van der Waals surface area (Å²) in [5, 5.41) is 3.27. The van der Waals surface area contributed by atoms with E-state index in [4.69, 9.17) is 23.8 Å². The maximum Gasteiger partial charge on any atom is 0.338 e. The van der Waals surface area contributed by atoms with Crippen molar-refractivity contribution in [3.8, 4) is 11.3 Å². The van der Waals surface area contributed by atoms with Gasteiger partial charge in [-0.25, -0.2) is 14.8 Å². The van der Waals surface area contributed by atoms with Crippen LogP contribution in [0, 0.1) is 0 Å². The van der Waals surface area contributed by atoms with Crippen molar-refractivity contribution in [3.05, 3.63) is 78.1 Å². The SMILES string of the molecule is CCOP(OCC)C(Nc1ncc(-c2ccccc2)nc1Cc1ccccc1)C(=O)OC(C)(C)C. The molecule has 0 amide bonds. The number of hydrogen-bond donors (Lipinski definition) is 1. The van der Waals surface area contributed by atoms with Crippen LogP contribution < -0.4 is 5.32 Å². The largest absolute Gasteiger partial charge is 0.458 e. The van der Waals surface area contributed by atoms with Crippen LogP contribution >= 0.6 is 8.38 Å². The standard InChI is InChI=1S/C27H34N3O4P/c1-6-32-35(33-7-2)25(26(31)34-27(3,4)5)30-24-22(18-20-14-10-8-11-15-20)29-23(19-28-24)21-16-12-9-13-17-21/h8-17,19,25H,6-7,18H2,1-5H3,(H,28,30). The van der Waals surface area contributed by atoms with E-state index in [1.54, 1.807) is 6.20 Å². The summed E-state index contributed by atoms with van der Waals surface area (Å²) < 4.78 is 17.4. The molecule has 1 heterocycles. The number of nitrogens with zero attached hydrogens (tertiary/aromatic N) is 2. The Bertz CT molecular complexity index is 1070. The summed E-state index contributed by atoms with van der Waals surface area (Å²) in [6.45, 7) is 10.1. The lowest BCUT2D eigenvalue weighted by molar-refractivity contribution is -0.153. The van der Waals surface area contributed by atoms with Gasteiger partial charge in [0.05, 0.1) is 30.8 Å². The van der Waals surface area contributed by atoms with E-state index >= 15 is 0 Å². The van der Waals surface area contributed by atoms with Crippen molar-refractivity contribution in [3.63, 3.8) is 0 Å². The highest BCUT2D eigenvalue weighted by molar-refractivity contribution is 7.49. The van der Waals surface area contributed by atoms with Gasteiger partial charge in [0, 0.05) is 12.0 Å². The molecule has 3 rings (SSSR count). The Labute approximate surface area is 209 Å². The molecule has 0 radical (unpaired) electrons. The predicted molar refractivity (Wildman–Crippen MR) is 140 cm³/mol. The molecule has 3 aromatic rings. The molecule has 7 nitrogen and oxygen atoms in total. The number of carbonyl (C=O) groups is 1. The number of benzene rings is 2. The molecule has 0 saturated carbocycles. The van der Waals surface area contributed by atoms with Crippen LogP contribution in [0.5, 0.6) is 0 Å². The van der Waals surface area contributed by atoms with Gasteiger partial charge in [-0.05, 0) is 40.2 Å². The lowest BCUT2D eigenvalue weighted by Gasteiger charge is -2.29. The van der Waals surface area contributed by atoms with E-state index in [-0.39, 0.29) is 0 Å². The van der Waals surface area contributed by atoms with Gasteiger partial charge >= 0.3 is 5.97 Å². The highest BCUT2D eigenvalue weighted by atomic mass is 31.2. The van der Waals surface area contributed by atoms with E-state index in [1.165, 1.54) is 0 Å². The second-order valence-corrected chi connectivity index (χ2v) is 10.4. The molecule has 1 atom stereocenters. The lowest BCUT2D eigenvalue weighted by Crippen LogP contribution is -2.36. The van der Waals surface area contributed by atoms with Crippen LogP contribution in [0.25, 0.3) is 11.3 Å². The minimum atomic E-state index is -1.62. The Balaban J connectivity index is 2.01. The molecule has 186 valence electrons. The monoisotopic (exact) mass is 495 g/mol. The predicted octanol–water partition coefficient (Wildman–Crippen LogP) is 6.20. The normalized spacial score (nSPS) is 12.4. The molecule has 0 spiro atoms. The van der Waals surface area contributed by atoms with E-state index in [2.05, 4.69) is 5.32 Å². The number of hydrogen-bond acceptors (Lipinski definition) is 7. The third-order valence-electron chi connectivity index (χ3n) is 4.76. The van der Waals surface area contributed by atoms with Crippen molar-refractivity contribution in [2.45, 2.75) is 52.4 Å². The fraction of sp³-hybridized carbons (Fsp3) is 0.370. The first-order chi connectivity index (χ1) is 16.8. The molecular formula is C27H34N3O4P. The smallest absolute Gasteiger partial charge is 0.338 e. The average molecular weight is 496 g/mol. The van der Waals surface area contributed by atoms with Crippen LogP contribution in [-0.2, 0) is 25.0 Å². The van der Waals surface area contributed by atoms with E-state index in [0.29, 0.717) is 31.1 Å².